The van der Waals surface area contributed by atoms with E-state index in [-0.39, 0.29) is 31.4 Å². The van der Waals surface area contributed by atoms with Gasteiger partial charge in [-0.1, -0.05) is 54.6 Å². The number of nitrogens with zero attached hydrogens (tertiary/aromatic N) is 1. The second-order valence-electron chi connectivity index (χ2n) is 10.5. The lowest BCUT2D eigenvalue weighted by Gasteiger charge is -2.25. The number of urea groups is 1. The largest absolute Gasteiger partial charge is 0.458 e. The Kier molecular flexibility index (Phi) is 11.0. The van der Waals surface area contributed by atoms with Crippen molar-refractivity contribution < 1.29 is 33.4 Å². The number of rotatable bonds is 10. The van der Waals surface area contributed by atoms with E-state index in [4.69, 9.17) is 20.6 Å². The highest BCUT2D eigenvalue weighted by molar-refractivity contribution is 6.09. The zero-order chi connectivity index (χ0) is 30.4. The maximum atomic E-state index is 13.2. The molecule has 1 aliphatic heterocycles. The molecule has 3 rings (SSSR count). The van der Waals surface area contributed by atoms with Gasteiger partial charge in [-0.05, 0) is 38.8 Å². The molecule has 1 heterocycles. The number of alkyl carbamates (subject to hydrolysis) is 1. The molecular formula is C28H35ClN6O7. The van der Waals surface area contributed by atoms with Gasteiger partial charge in [0, 0.05) is 12.1 Å². The fourth-order valence-electron chi connectivity index (χ4n) is 3.91. The van der Waals surface area contributed by atoms with Crippen LogP contribution in [0.1, 0.15) is 44.4 Å². The lowest BCUT2D eigenvalue weighted by molar-refractivity contribution is -0.157. The predicted octanol–water partition coefficient (Wildman–Crippen LogP) is 1.91. The Morgan fingerprint density at radius 2 is 1.69 bits per heavy atom. The average molecular weight is 603 g/mol. The van der Waals surface area contributed by atoms with Crippen LogP contribution >= 0.6 is 12.4 Å². The molecular weight excluding hydrogens is 568 g/mol. The van der Waals surface area contributed by atoms with Crippen molar-refractivity contribution >= 4 is 48.2 Å². The van der Waals surface area contributed by atoms with Gasteiger partial charge in [0.25, 0.3) is 5.91 Å². The highest BCUT2D eigenvalue weighted by Crippen LogP contribution is 2.29. The third-order valence-electron chi connectivity index (χ3n) is 6.05. The number of esters is 1. The van der Waals surface area contributed by atoms with Crippen LogP contribution in [-0.4, -0.2) is 65.4 Å². The van der Waals surface area contributed by atoms with Crippen molar-refractivity contribution in [3.05, 3.63) is 71.3 Å². The first-order valence-corrected chi connectivity index (χ1v) is 12.8. The van der Waals surface area contributed by atoms with E-state index in [0.29, 0.717) is 11.1 Å². The monoisotopic (exact) mass is 602 g/mol. The van der Waals surface area contributed by atoms with Gasteiger partial charge in [-0.2, -0.15) is 0 Å². The molecule has 5 amide bonds. The van der Waals surface area contributed by atoms with Crippen LogP contribution in [0.3, 0.4) is 0 Å². The highest BCUT2D eigenvalue weighted by atomic mass is 35.5. The molecule has 0 saturated carbocycles. The number of hydrogen-bond donors (Lipinski definition) is 5. The van der Waals surface area contributed by atoms with Crippen LogP contribution in [0.5, 0.6) is 0 Å². The van der Waals surface area contributed by atoms with Gasteiger partial charge in [-0.15, -0.1) is 12.4 Å². The molecule has 0 spiro atoms. The van der Waals surface area contributed by atoms with Gasteiger partial charge in [0.05, 0.1) is 0 Å². The van der Waals surface area contributed by atoms with Crippen LogP contribution in [0.15, 0.2) is 54.6 Å². The number of hydrogen-bond acceptors (Lipinski definition) is 8. The standard InChI is InChI=1S/C28H34N6O7.ClH/c1-27(2,3)41-23(36)20(32-26(39)40-16-17-8-6-5-7-9-17)14-31-21(35)15-34-24(37)28(4,33-25(34)38)19-12-10-18(11-13-19)22(29)30;/h5-13,20H,14-16H2,1-4H3,(H3,29,30)(H,31,35)(H,32,39)(H,33,38);1H/t20?,28-;/m0./s1. The summed E-state index contributed by atoms with van der Waals surface area (Å²) >= 11 is 0. The van der Waals surface area contributed by atoms with E-state index in [0.717, 1.165) is 10.5 Å². The number of amides is 5. The topological polar surface area (TPSA) is 193 Å². The Morgan fingerprint density at radius 1 is 1.07 bits per heavy atom. The zero-order valence-corrected chi connectivity index (χ0v) is 24.5. The van der Waals surface area contributed by atoms with Crippen LogP contribution in [0, 0.1) is 5.41 Å². The molecule has 6 N–H and O–H groups in total. The van der Waals surface area contributed by atoms with E-state index in [2.05, 4.69) is 16.0 Å². The molecule has 0 radical (unpaired) electrons. The molecule has 0 bridgehead atoms. The molecule has 1 unspecified atom stereocenters. The first-order valence-electron chi connectivity index (χ1n) is 12.8. The van der Waals surface area contributed by atoms with E-state index >= 15 is 0 Å². The smallest absolute Gasteiger partial charge is 0.408 e. The fraction of sp³-hybridized carbons (Fsp3) is 0.357. The first-order chi connectivity index (χ1) is 19.2. The number of nitrogens with one attached hydrogen (secondary N) is 4. The highest BCUT2D eigenvalue weighted by Gasteiger charge is 2.49. The van der Waals surface area contributed by atoms with Crippen molar-refractivity contribution in [2.75, 3.05) is 13.1 Å². The summed E-state index contributed by atoms with van der Waals surface area (Å²) in [5.74, 6) is -2.38. The Labute approximate surface area is 249 Å². The quantitative estimate of drug-likeness (QED) is 0.118. The molecule has 14 heteroatoms. The summed E-state index contributed by atoms with van der Waals surface area (Å²) in [6.07, 6.45) is -0.903. The van der Waals surface area contributed by atoms with E-state index in [1.165, 1.54) is 6.92 Å². The Bertz CT molecular complexity index is 1330. The fourth-order valence-corrected chi connectivity index (χ4v) is 3.91. The van der Waals surface area contributed by atoms with Gasteiger partial charge in [-0.3, -0.25) is 19.9 Å². The second kappa shape index (κ2) is 13.8. The van der Waals surface area contributed by atoms with Gasteiger partial charge in [-0.25, -0.2) is 14.4 Å². The van der Waals surface area contributed by atoms with Gasteiger partial charge in [0.1, 0.15) is 36.2 Å². The van der Waals surface area contributed by atoms with E-state index in [1.807, 2.05) is 6.07 Å². The van der Waals surface area contributed by atoms with Crippen molar-refractivity contribution in [1.82, 2.24) is 20.9 Å². The molecule has 0 aromatic heterocycles. The number of imide groups is 1. The summed E-state index contributed by atoms with van der Waals surface area (Å²) in [4.78, 5) is 64.4. The Hall–Kier alpha value is -4.65. The number of nitrogen functional groups attached to an aromatic ring is 1. The minimum Gasteiger partial charge on any atom is -0.458 e. The van der Waals surface area contributed by atoms with Crippen molar-refractivity contribution in [2.24, 2.45) is 5.73 Å². The number of halogens is 1. The molecule has 2 aromatic carbocycles. The van der Waals surface area contributed by atoms with Crippen LogP contribution < -0.4 is 21.7 Å². The summed E-state index contributed by atoms with van der Waals surface area (Å²) in [7, 11) is 0. The van der Waals surface area contributed by atoms with Crippen molar-refractivity contribution in [3.63, 3.8) is 0 Å². The SMILES string of the molecule is CC(C)(C)OC(=O)C(CNC(=O)CN1C(=O)N[C@@](C)(c2ccc(C(=N)N)cc2)C1=O)NC(=O)OCc1ccccc1.Cl. The maximum absolute atomic E-state index is 13.2. The summed E-state index contributed by atoms with van der Waals surface area (Å²) in [5, 5.41) is 14.9. The number of benzene rings is 2. The summed E-state index contributed by atoms with van der Waals surface area (Å²) in [6.45, 7) is 5.39. The molecule has 0 aliphatic carbocycles. The van der Waals surface area contributed by atoms with Crippen molar-refractivity contribution in [1.29, 1.82) is 5.41 Å². The number of amidine groups is 1. The Morgan fingerprint density at radius 3 is 2.26 bits per heavy atom. The number of nitrogens with two attached hydrogens (primary N) is 1. The zero-order valence-electron chi connectivity index (χ0n) is 23.7. The summed E-state index contributed by atoms with van der Waals surface area (Å²) < 4.78 is 10.5. The van der Waals surface area contributed by atoms with Crippen LogP contribution in [0.4, 0.5) is 9.59 Å². The molecule has 1 saturated heterocycles. The van der Waals surface area contributed by atoms with Gasteiger partial charge < -0.3 is 31.2 Å². The molecule has 1 aliphatic rings. The van der Waals surface area contributed by atoms with Gasteiger partial charge in [0.2, 0.25) is 5.91 Å². The Balaban J connectivity index is 0.00000616. The van der Waals surface area contributed by atoms with E-state index in [9.17, 15) is 24.0 Å². The van der Waals surface area contributed by atoms with Crippen LogP contribution in [0.2, 0.25) is 0 Å². The van der Waals surface area contributed by atoms with Crippen LogP contribution in [-0.2, 0) is 36.0 Å². The van der Waals surface area contributed by atoms with Crippen molar-refractivity contribution in [3.8, 4) is 0 Å². The lowest BCUT2D eigenvalue weighted by Crippen LogP contribution is -2.52. The molecule has 226 valence electrons. The molecule has 42 heavy (non-hydrogen) atoms. The third kappa shape index (κ3) is 8.67. The molecule has 13 nitrogen and oxygen atoms in total. The number of carbonyl (C=O) groups excluding carboxylic acids is 5. The molecule has 1 fully saturated rings. The average Bonchev–Trinajstić information content (AvgIpc) is 3.13. The van der Waals surface area contributed by atoms with E-state index in [1.54, 1.807) is 69.3 Å². The minimum atomic E-state index is -1.45. The molecule has 2 atom stereocenters. The first kappa shape index (κ1) is 33.6. The van der Waals surface area contributed by atoms with E-state index < -0.39 is 53.6 Å². The third-order valence-corrected chi connectivity index (χ3v) is 6.05. The molecule has 2 aromatic rings. The number of ether oxygens (including phenoxy) is 2. The lowest BCUT2D eigenvalue weighted by atomic mass is 9.91. The number of carbonyl (C=O) groups is 5. The van der Waals surface area contributed by atoms with Gasteiger partial charge >= 0.3 is 18.1 Å². The maximum Gasteiger partial charge on any atom is 0.408 e. The van der Waals surface area contributed by atoms with Crippen LogP contribution in [0.25, 0.3) is 0 Å². The van der Waals surface area contributed by atoms with Gasteiger partial charge in [0.15, 0.2) is 0 Å². The minimum absolute atomic E-state index is 0. The normalized spacial score (nSPS) is 16.9. The second-order valence-corrected chi connectivity index (χ2v) is 10.5. The van der Waals surface area contributed by atoms with Crippen molar-refractivity contribution in [2.45, 2.75) is 51.5 Å². The summed E-state index contributed by atoms with van der Waals surface area (Å²) in [5.41, 5.74) is 4.77. The predicted molar refractivity (Wildman–Crippen MR) is 155 cm³/mol. The summed E-state index contributed by atoms with van der Waals surface area (Å²) in [6, 6.07) is 13.0.